The lowest BCUT2D eigenvalue weighted by atomic mass is 10.1. The van der Waals surface area contributed by atoms with Crippen molar-refractivity contribution in [1.82, 2.24) is 19.7 Å². The lowest BCUT2D eigenvalue weighted by Gasteiger charge is -2.18. The van der Waals surface area contributed by atoms with Crippen molar-refractivity contribution in [3.05, 3.63) is 90.8 Å². The van der Waals surface area contributed by atoms with E-state index in [2.05, 4.69) is 25.0 Å². The Balaban J connectivity index is 1.42. The summed E-state index contributed by atoms with van der Waals surface area (Å²) in [6.07, 6.45) is 4.85. The topological polar surface area (TPSA) is 109 Å². The molecule has 0 fully saturated rings. The van der Waals surface area contributed by atoms with Crippen LogP contribution < -0.4 is 14.8 Å². The Kier molecular flexibility index (Phi) is 7.19. The Bertz CT molecular complexity index is 1310. The molecule has 1 atom stereocenters. The second-order valence-corrected chi connectivity index (χ2v) is 9.50. The molecule has 0 aliphatic rings. The van der Waals surface area contributed by atoms with Gasteiger partial charge in [-0.2, -0.15) is 0 Å². The Morgan fingerprint density at radius 3 is 2.38 bits per heavy atom. The van der Waals surface area contributed by atoms with Gasteiger partial charge in [-0.15, -0.1) is 0 Å². The molecule has 4 aromatic rings. The van der Waals surface area contributed by atoms with Gasteiger partial charge in [-0.25, -0.2) is 27.5 Å². The second kappa shape index (κ2) is 10.4. The van der Waals surface area contributed by atoms with Gasteiger partial charge in [0.15, 0.2) is 0 Å². The predicted octanol–water partition coefficient (Wildman–Crippen LogP) is 3.98. The van der Waals surface area contributed by atoms with E-state index in [1.54, 1.807) is 24.7 Å². The van der Waals surface area contributed by atoms with Crippen LogP contribution in [0.1, 0.15) is 5.69 Å². The molecule has 4 rings (SSSR count). The van der Waals surface area contributed by atoms with E-state index in [1.165, 1.54) is 12.1 Å². The molecule has 0 bridgehead atoms. The van der Waals surface area contributed by atoms with Gasteiger partial charge in [0, 0.05) is 30.8 Å². The van der Waals surface area contributed by atoms with Crippen molar-refractivity contribution in [2.75, 3.05) is 18.1 Å². The van der Waals surface area contributed by atoms with Crippen molar-refractivity contribution in [2.24, 2.45) is 0 Å². The highest BCUT2D eigenvalue weighted by Crippen LogP contribution is 2.25. The molecule has 3 N–H and O–H groups in total. The molecule has 0 saturated carbocycles. The van der Waals surface area contributed by atoms with Crippen LogP contribution in [0.2, 0.25) is 0 Å². The Labute approximate surface area is 197 Å². The van der Waals surface area contributed by atoms with Crippen LogP contribution in [0.25, 0.3) is 11.3 Å². The summed E-state index contributed by atoms with van der Waals surface area (Å²) < 4.78 is 45.0. The molecule has 0 radical (unpaired) electrons. The third kappa shape index (κ3) is 6.87. The van der Waals surface area contributed by atoms with Crippen LogP contribution >= 0.6 is 0 Å². The first-order chi connectivity index (χ1) is 16.3. The molecule has 34 heavy (non-hydrogen) atoms. The maximum atomic E-state index is 13.1. The van der Waals surface area contributed by atoms with Crippen LogP contribution in [0.15, 0.2) is 79.3 Å². The quantitative estimate of drug-likeness (QED) is 0.316. The van der Waals surface area contributed by atoms with Gasteiger partial charge in [0.25, 0.3) is 0 Å². The zero-order valence-corrected chi connectivity index (χ0v) is 19.2. The summed E-state index contributed by atoms with van der Waals surface area (Å²) in [6, 6.07) is 18.4. The molecular weight excluding hydrogens is 457 g/mol. The fraction of sp³-hybridized carbons (Fsp3) is 0.167. The summed E-state index contributed by atoms with van der Waals surface area (Å²) >= 11 is 0. The molecule has 10 heteroatoms. The predicted molar refractivity (Wildman–Crippen MR) is 129 cm³/mol. The smallest absolute Gasteiger partial charge is 0.209 e. The Morgan fingerprint density at radius 2 is 1.74 bits per heavy atom. The molecule has 2 heterocycles. The van der Waals surface area contributed by atoms with E-state index in [0.717, 1.165) is 23.2 Å². The third-order valence-corrected chi connectivity index (χ3v) is 5.63. The fourth-order valence-corrected chi connectivity index (χ4v) is 4.14. The van der Waals surface area contributed by atoms with Crippen LogP contribution in [0.5, 0.6) is 11.5 Å². The summed E-state index contributed by atoms with van der Waals surface area (Å²) in [4.78, 5) is 11.7. The highest BCUT2D eigenvalue weighted by Gasteiger charge is 2.16. The number of rotatable bonds is 10. The van der Waals surface area contributed by atoms with E-state index in [-0.39, 0.29) is 5.82 Å². The average molecular weight is 482 g/mol. The largest absolute Gasteiger partial charge is 0.457 e. The number of hydrogen-bond acceptors (Lipinski definition) is 6. The molecule has 0 saturated heterocycles. The highest BCUT2D eigenvalue weighted by molar-refractivity contribution is 7.88. The zero-order valence-electron chi connectivity index (χ0n) is 18.4. The first kappa shape index (κ1) is 23.4. The maximum Gasteiger partial charge on any atom is 0.209 e. The normalized spacial score (nSPS) is 12.3. The number of pyridine rings is 1. The average Bonchev–Trinajstić information content (AvgIpc) is 3.32. The monoisotopic (exact) mass is 481 g/mol. The van der Waals surface area contributed by atoms with Crippen molar-refractivity contribution in [3.63, 3.8) is 0 Å². The molecule has 8 nitrogen and oxygen atoms in total. The number of sulfonamides is 1. The van der Waals surface area contributed by atoms with Gasteiger partial charge in [-0.05, 0) is 60.7 Å². The van der Waals surface area contributed by atoms with Crippen molar-refractivity contribution < 1.29 is 17.5 Å². The van der Waals surface area contributed by atoms with Gasteiger partial charge in [-0.1, -0.05) is 6.07 Å². The number of hydrogen-bond donors (Lipinski definition) is 3. The number of anilines is 1. The van der Waals surface area contributed by atoms with Gasteiger partial charge in [-0.3, -0.25) is 0 Å². The highest BCUT2D eigenvalue weighted by atomic mass is 32.2. The minimum absolute atomic E-state index is 0.318. The molecule has 0 unspecified atom stereocenters. The summed E-state index contributed by atoms with van der Waals surface area (Å²) in [7, 11) is -3.39. The summed E-state index contributed by atoms with van der Waals surface area (Å²) in [5, 5.41) is 3.21. The number of aromatic amines is 1. The van der Waals surface area contributed by atoms with Gasteiger partial charge in [0.05, 0.1) is 24.0 Å². The van der Waals surface area contributed by atoms with E-state index < -0.39 is 16.1 Å². The number of halogens is 1. The number of ether oxygens (including phenoxy) is 1. The molecule has 0 aliphatic carbocycles. The number of aromatic nitrogens is 3. The van der Waals surface area contributed by atoms with Gasteiger partial charge in [0.2, 0.25) is 10.0 Å². The first-order valence-corrected chi connectivity index (χ1v) is 12.4. The van der Waals surface area contributed by atoms with Gasteiger partial charge < -0.3 is 15.0 Å². The van der Waals surface area contributed by atoms with Gasteiger partial charge in [0.1, 0.15) is 23.1 Å². The molecule has 0 aliphatic heterocycles. The Morgan fingerprint density at radius 1 is 1.03 bits per heavy atom. The molecular formula is C24H24FN5O3S. The van der Waals surface area contributed by atoms with E-state index in [9.17, 15) is 12.8 Å². The SMILES string of the molecule is CS(=O)(=O)N[C@H](CNc1cccc(-c2ccc(Oc3ccc(F)cc3)cc2)n1)Cc1c[nH]cn1. The minimum atomic E-state index is -3.39. The van der Waals surface area contributed by atoms with Crippen LogP contribution in [0, 0.1) is 5.82 Å². The molecule has 0 amide bonds. The van der Waals surface area contributed by atoms with E-state index in [1.807, 2.05) is 42.5 Å². The van der Waals surface area contributed by atoms with Crippen molar-refractivity contribution >= 4 is 15.8 Å². The number of H-pyrrole nitrogens is 1. The lowest BCUT2D eigenvalue weighted by Crippen LogP contribution is -2.40. The summed E-state index contributed by atoms with van der Waals surface area (Å²) in [5.41, 5.74) is 2.39. The lowest BCUT2D eigenvalue weighted by molar-refractivity contribution is 0.480. The van der Waals surface area contributed by atoms with Crippen molar-refractivity contribution in [3.8, 4) is 22.8 Å². The summed E-state index contributed by atoms with van der Waals surface area (Å²) in [5.74, 6) is 1.47. The Hall–Kier alpha value is -3.76. The number of nitrogens with zero attached hydrogens (tertiary/aromatic N) is 2. The maximum absolute atomic E-state index is 13.1. The van der Waals surface area contributed by atoms with Crippen molar-refractivity contribution in [1.29, 1.82) is 0 Å². The van der Waals surface area contributed by atoms with E-state index in [0.29, 0.717) is 30.3 Å². The molecule has 2 aromatic carbocycles. The van der Waals surface area contributed by atoms with Crippen LogP contribution in [0.3, 0.4) is 0 Å². The van der Waals surface area contributed by atoms with Gasteiger partial charge >= 0.3 is 0 Å². The molecule has 0 spiro atoms. The van der Waals surface area contributed by atoms with E-state index >= 15 is 0 Å². The van der Waals surface area contributed by atoms with Crippen LogP contribution in [-0.2, 0) is 16.4 Å². The standard InChI is InChI=1S/C24H24FN5O3S/c1-34(31,32)30-20(13-19-14-26-16-28-19)15-27-24-4-2-3-23(29-24)17-5-9-21(10-6-17)33-22-11-7-18(25)8-12-22/h2-12,14,16,20,30H,13,15H2,1H3,(H,26,28)(H,27,29)/t20-/m0/s1. The van der Waals surface area contributed by atoms with Crippen LogP contribution in [-0.4, -0.2) is 42.2 Å². The summed E-state index contributed by atoms with van der Waals surface area (Å²) in [6.45, 7) is 0.334. The van der Waals surface area contributed by atoms with E-state index in [4.69, 9.17) is 4.74 Å². The molecule has 2 aromatic heterocycles. The zero-order chi connectivity index (χ0) is 24.0. The third-order valence-electron chi connectivity index (χ3n) is 4.87. The first-order valence-electron chi connectivity index (χ1n) is 10.5. The second-order valence-electron chi connectivity index (χ2n) is 7.72. The number of nitrogens with one attached hydrogen (secondary N) is 3. The fourth-order valence-electron chi connectivity index (χ4n) is 3.37. The minimum Gasteiger partial charge on any atom is -0.457 e. The van der Waals surface area contributed by atoms with Crippen LogP contribution in [0.4, 0.5) is 10.2 Å². The number of benzene rings is 2. The number of imidazole rings is 1. The molecule has 176 valence electrons. The van der Waals surface area contributed by atoms with Crippen molar-refractivity contribution in [2.45, 2.75) is 12.5 Å².